The van der Waals surface area contributed by atoms with Crippen LogP contribution >= 0.6 is 0 Å². The van der Waals surface area contributed by atoms with E-state index >= 15 is 0 Å². The minimum absolute atomic E-state index is 0.902. The number of hydrogen-bond donors (Lipinski definition) is 0. The van der Waals surface area contributed by atoms with Crippen molar-refractivity contribution in [2.45, 2.75) is 0 Å². The van der Waals surface area contributed by atoms with E-state index in [0.29, 0.717) is 0 Å². The highest BCUT2D eigenvalue weighted by Crippen LogP contribution is 2.48. The summed E-state index contributed by atoms with van der Waals surface area (Å²) in [5.41, 5.74) is 9.04. The lowest BCUT2D eigenvalue weighted by molar-refractivity contribution is 0.669. The largest absolute Gasteiger partial charge is 0.456 e. The summed E-state index contributed by atoms with van der Waals surface area (Å²) in [6.07, 6.45) is 0. The second-order valence-electron chi connectivity index (χ2n) is 12.5. The molecule has 0 amide bonds. The number of fused-ring (bicyclic) bond motifs is 7. The van der Waals surface area contributed by atoms with Crippen molar-refractivity contribution in [3.63, 3.8) is 0 Å². The average molecular weight is 597 g/mol. The molecule has 218 valence electrons. The van der Waals surface area contributed by atoms with Gasteiger partial charge in [-0.2, -0.15) is 0 Å². The monoisotopic (exact) mass is 596 g/mol. The van der Waals surface area contributed by atoms with Crippen molar-refractivity contribution in [2.75, 3.05) is 0 Å². The summed E-state index contributed by atoms with van der Waals surface area (Å²) in [7, 11) is 0. The first kappa shape index (κ1) is 26.1. The van der Waals surface area contributed by atoms with Gasteiger partial charge in [0.2, 0.25) is 0 Å². The van der Waals surface area contributed by atoms with Crippen LogP contribution in [0.5, 0.6) is 0 Å². The van der Waals surface area contributed by atoms with Gasteiger partial charge in [-0.1, -0.05) is 140 Å². The van der Waals surface area contributed by atoms with E-state index in [9.17, 15) is 0 Å². The Morgan fingerprint density at radius 3 is 1.43 bits per heavy atom. The van der Waals surface area contributed by atoms with E-state index in [2.05, 4.69) is 170 Å². The average Bonchev–Trinajstić information content (AvgIpc) is 3.52. The number of benzene rings is 9. The maximum atomic E-state index is 6.62. The van der Waals surface area contributed by atoms with E-state index in [1.54, 1.807) is 0 Å². The Hall–Kier alpha value is -6.18. The van der Waals surface area contributed by atoms with E-state index in [4.69, 9.17) is 4.42 Å². The van der Waals surface area contributed by atoms with Crippen molar-refractivity contribution in [1.82, 2.24) is 0 Å². The minimum atomic E-state index is 0.902. The van der Waals surface area contributed by atoms with Crippen molar-refractivity contribution < 1.29 is 4.42 Å². The van der Waals surface area contributed by atoms with Gasteiger partial charge in [-0.3, -0.25) is 0 Å². The molecule has 0 fully saturated rings. The molecule has 1 heterocycles. The van der Waals surface area contributed by atoms with Gasteiger partial charge in [0.05, 0.1) is 0 Å². The first-order valence-electron chi connectivity index (χ1n) is 16.2. The third-order valence-corrected chi connectivity index (χ3v) is 9.80. The second kappa shape index (κ2) is 10.2. The molecule has 0 aliphatic heterocycles. The van der Waals surface area contributed by atoms with Crippen LogP contribution in [-0.4, -0.2) is 0 Å². The molecule has 0 N–H and O–H groups in total. The van der Waals surface area contributed by atoms with Gasteiger partial charge in [0.1, 0.15) is 11.2 Å². The molecule has 47 heavy (non-hydrogen) atoms. The topological polar surface area (TPSA) is 13.1 Å². The van der Waals surface area contributed by atoms with Crippen LogP contribution in [0.15, 0.2) is 174 Å². The minimum Gasteiger partial charge on any atom is -0.456 e. The molecule has 0 unspecified atom stereocenters. The van der Waals surface area contributed by atoms with Gasteiger partial charge in [-0.25, -0.2) is 0 Å². The summed E-state index contributed by atoms with van der Waals surface area (Å²) in [6, 6.07) is 61.6. The molecule has 1 heteroatoms. The highest BCUT2D eigenvalue weighted by Gasteiger charge is 2.21. The van der Waals surface area contributed by atoms with Crippen LogP contribution in [0.3, 0.4) is 0 Å². The van der Waals surface area contributed by atoms with Gasteiger partial charge in [0, 0.05) is 10.8 Å². The van der Waals surface area contributed by atoms with Gasteiger partial charge in [0.15, 0.2) is 0 Å². The van der Waals surface area contributed by atoms with E-state index in [0.717, 1.165) is 27.5 Å². The Morgan fingerprint density at radius 1 is 0.298 bits per heavy atom. The third kappa shape index (κ3) is 4.03. The summed E-state index contributed by atoms with van der Waals surface area (Å²) in [5, 5.41) is 12.2. The van der Waals surface area contributed by atoms with Gasteiger partial charge < -0.3 is 4.42 Å². The van der Waals surface area contributed by atoms with Crippen LogP contribution < -0.4 is 0 Å². The Kier molecular flexibility index (Phi) is 5.64. The molecule has 9 aromatic carbocycles. The Balaban J connectivity index is 1.34. The lowest BCUT2D eigenvalue weighted by Crippen LogP contribution is -1.92. The number of furan rings is 1. The Morgan fingerprint density at radius 2 is 0.787 bits per heavy atom. The molecule has 0 bridgehead atoms. The summed E-state index contributed by atoms with van der Waals surface area (Å²) in [6.45, 7) is 0. The Bertz CT molecular complexity index is 2800. The van der Waals surface area contributed by atoms with Crippen LogP contribution in [-0.2, 0) is 0 Å². The van der Waals surface area contributed by atoms with E-state index < -0.39 is 0 Å². The molecule has 0 saturated heterocycles. The fourth-order valence-electron chi connectivity index (χ4n) is 7.66. The van der Waals surface area contributed by atoms with Crippen LogP contribution in [0.2, 0.25) is 0 Å². The van der Waals surface area contributed by atoms with Crippen LogP contribution in [0.25, 0.3) is 98.4 Å². The molecule has 1 nitrogen and oxygen atoms in total. The quantitative estimate of drug-likeness (QED) is 0.185. The van der Waals surface area contributed by atoms with Gasteiger partial charge in [-0.05, 0) is 107 Å². The number of hydrogen-bond acceptors (Lipinski definition) is 1. The van der Waals surface area contributed by atoms with Crippen molar-refractivity contribution in [1.29, 1.82) is 0 Å². The smallest absolute Gasteiger partial charge is 0.136 e. The number of rotatable bonds is 3. The molecule has 10 rings (SSSR count). The maximum absolute atomic E-state index is 6.62. The van der Waals surface area contributed by atoms with Crippen LogP contribution in [0.1, 0.15) is 0 Å². The van der Waals surface area contributed by atoms with Crippen LogP contribution in [0, 0.1) is 0 Å². The molecule has 0 aliphatic rings. The molecular weight excluding hydrogens is 569 g/mol. The lowest BCUT2D eigenvalue weighted by Gasteiger charge is -2.19. The molecule has 0 atom stereocenters. The SMILES string of the molecule is c1ccc2cc(-c3cc(-c4c5ccccc5c(-c5ccc6ccccc6c5)c5ccccc45)c4c(c3)oc3ccccc34)ccc2c1. The normalized spacial score (nSPS) is 11.8. The molecule has 0 aliphatic carbocycles. The molecule has 10 aromatic rings. The van der Waals surface area contributed by atoms with E-state index in [1.165, 1.54) is 70.9 Å². The summed E-state index contributed by atoms with van der Waals surface area (Å²) >= 11 is 0. The standard InChI is InChI=1S/C46H28O/c1-3-13-31-25-33(23-21-29(31)11-1)35-27-41(46-40-19-9-10-20-42(40)47-43(46)28-35)45-38-17-7-5-15-36(38)44(37-16-6-8-18-39(37)45)34-24-22-30-12-2-4-14-32(30)26-34/h1-28H. The molecule has 0 radical (unpaired) electrons. The molecule has 0 saturated carbocycles. The molecular formula is C46H28O. The zero-order valence-electron chi connectivity index (χ0n) is 25.6. The van der Waals surface area contributed by atoms with Crippen molar-refractivity contribution >= 4 is 65.0 Å². The third-order valence-electron chi connectivity index (χ3n) is 9.80. The highest BCUT2D eigenvalue weighted by atomic mass is 16.3. The van der Waals surface area contributed by atoms with Crippen molar-refractivity contribution in [3.05, 3.63) is 170 Å². The first-order chi connectivity index (χ1) is 23.3. The van der Waals surface area contributed by atoms with Crippen molar-refractivity contribution in [3.8, 4) is 33.4 Å². The fourth-order valence-corrected chi connectivity index (χ4v) is 7.66. The fraction of sp³-hybridized carbons (Fsp3) is 0. The van der Waals surface area contributed by atoms with E-state index in [-0.39, 0.29) is 0 Å². The number of para-hydroxylation sites is 1. The second-order valence-corrected chi connectivity index (χ2v) is 12.5. The molecule has 1 aromatic heterocycles. The summed E-state index contributed by atoms with van der Waals surface area (Å²) < 4.78 is 6.62. The first-order valence-corrected chi connectivity index (χ1v) is 16.2. The van der Waals surface area contributed by atoms with E-state index in [1.807, 2.05) is 0 Å². The maximum Gasteiger partial charge on any atom is 0.136 e. The van der Waals surface area contributed by atoms with Crippen molar-refractivity contribution in [2.24, 2.45) is 0 Å². The summed E-state index contributed by atoms with van der Waals surface area (Å²) in [4.78, 5) is 0. The zero-order valence-corrected chi connectivity index (χ0v) is 25.6. The zero-order chi connectivity index (χ0) is 30.9. The van der Waals surface area contributed by atoms with Gasteiger partial charge in [0.25, 0.3) is 0 Å². The summed E-state index contributed by atoms with van der Waals surface area (Å²) in [5.74, 6) is 0. The molecule has 0 spiro atoms. The van der Waals surface area contributed by atoms with Crippen LogP contribution in [0.4, 0.5) is 0 Å². The van der Waals surface area contributed by atoms with Gasteiger partial charge in [-0.15, -0.1) is 0 Å². The Labute approximate surface area is 271 Å². The predicted octanol–water partition coefficient (Wildman–Crippen LogP) is 13.2. The predicted molar refractivity (Wildman–Crippen MR) is 200 cm³/mol. The van der Waals surface area contributed by atoms with Gasteiger partial charge >= 0.3 is 0 Å². The highest BCUT2D eigenvalue weighted by molar-refractivity contribution is 6.26. The lowest BCUT2D eigenvalue weighted by atomic mass is 9.84.